The van der Waals surface area contributed by atoms with Gasteiger partial charge < -0.3 is 0 Å². The molecule has 4 heteroatoms. The standard InChI is InChI=1S/C19H28Cl2Si2/c1-14(15-11-9-8-10-12-15)17-16(13-19(2,3)4)23(20,21)18(17)22(5,6)7/h8-12,16H,1,13H2,2-7H3. The summed E-state index contributed by atoms with van der Waals surface area (Å²) < 4.78 is 0. The lowest BCUT2D eigenvalue weighted by atomic mass is 9.85. The van der Waals surface area contributed by atoms with E-state index in [2.05, 4.69) is 71.3 Å². The molecule has 0 saturated carbocycles. The van der Waals surface area contributed by atoms with Gasteiger partial charge in [0.05, 0.1) is 8.07 Å². The summed E-state index contributed by atoms with van der Waals surface area (Å²) in [7, 11) is -1.57. The Bertz CT molecular complexity index is 632. The summed E-state index contributed by atoms with van der Waals surface area (Å²) in [4.78, 5) is 1.40. The highest BCUT2D eigenvalue weighted by Crippen LogP contribution is 2.62. The maximum absolute atomic E-state index is 6.99. The molecule has 0 aromatic heterocycles. The van der Waals surface area contributed by atoms with Crippen LogP contribution in [-0.2, 0) is 0 Å². The fourth-order valence-corrected chi connectivity index (χ4v) is 18.5. The first kappa shape index (κ1) is 19.0. The van der Waals surface area contributed by atoms with Crippen molar-refractivity contribution in [2.75, 3.05) is 0 Å². The van der Waals surface area contributed by atoms with Crippen LogP contribution in [0.4, 0.5) is 0 Å². The molecule has 1 aromatic rings. The van der Waals surface area contributed by atoms with Gasteiger partial charge in [0.15, 0.2) is 0 Å². The zero-order chi connectivity index (χ0) is 17.6. The number of benzene rings is 1. The number of hydrogen-bond donors (Lipinski definition) is 0. The van der Waals surface area contributed by atoms with Gasteiger partial charge in [-0.05, 0) is 28.5 Å². The number of halogens is 2. The van der Waals surface area contributed by atoms with E-state index < -0.39 is 14.8 Å². The van der Waals surface area contributed by atoms with Gasteiger partial charge in [0.2, 0.25) is 0 Å². The maximum atomic E-state index is 6.99. The molecule has 126 valence electrons. The highest BCUT2D eigenvalue weighted by Gasteiger charge is 2.59. The molecule has 1 atom stereocenters. The average Bonchev–Trinajstić information content (AvgIpc) is 2.40. The fourth-order valence-electron chi connectivity index (χ4n) is 3.53. The van der Waals surface area contributed by atoms with Gasteiger partial charge in [0.25, 0.3) is 6.69 Å². The molecule has 0 saturated heterocycles. The molecule has 0 N–H and O–H groups in total. The minimum atomic E-state index is -2.39. The normalized spacial score (nSPS) is 21.1. The molecule has 0 radical (unpaired) electrons. The lowest BCUT2D eigenvalue weighted by Gasteiger charge is -2.50. The van der Waals surface area contributed by atoms with E-state index in [0.717, 1.165) is 12.0 Å². The number of hydrogen-bond acceptors (Lipinski definition) is 0. The van der Waals surface area contributed by atoms with E-state index in [4.69, 9.17) is 22.2 Å². The monoisotopic (exact) mass is 382 g/mol. The molecule has 1 aliphatic rings. The van der Waals surface area contributed by atoms with Crippen LogP contribution >= 0.6 is 22.2 Å². The maximum Gasteiger partial charge on any atom is 0.280 e. The van der Waals surface area contributed by atoms with Crippen LogP contribution in [0.15, 0.2) is 47.3 Å². The molecule has 0 bridgehead atoms. The van der Waals surface area contributed by atoms with E-state index in [-0.39, 0.29) is 5.41 Å². The SMILES string of the molecule is C=C(C1=C([Si](C)(C)C)[Si](Cl)(Cl)C1CC(C)(C)C)c1ccccc1. The van der Waals surface area contributed by atoms with Crippen LogP contribution < -0.4 is 0 Å². The van der Waals surface area contributed by atoms with E-state index in [1.807, 2.05) is 6.07 Å². The number of allylic oxidation sites excluding steroid dienone is 2. The molecule has 1 heterocycles. The van der Waals surface area contributed by atoms with Crippen molar-refractivity contribution in [1.82, 2.24) is 0 Å². The molecule has 2 rings (SSSR count). The van der Waals surface area contributed by atoms with Crippen molar-refractivity contribution in [3.63, 3.8) is 0 Å². The van der Waals surface area contributed by atoms with Crippen molar-refractivity contribution < 1.29 is 0 Å². The van der Waals surface area contributed by atoms with Crippen molar-refractivity contribution >= 4 is 42.5 Å². The van der Waals surface area contributed by atoms with Crippen molar-refractivity contribution in [3.05, 3.63) is 52.9 Å². The minimum Gasteiger partial charge on any atom is -0.140 e. The van der Waals surface area contributed by atoms with Crippen LogP contribution in [0.25, 0.3) is 5.57 Å². The van der Waals surface area contributed by atoms with Crippen LogP contribution in [0.1, 0.15) is 32.8 Å². The third kappa shape index (κ3) is 3.87. The van der Waals surface area contributed by atoms with Crippen molar-refractivity contribution in [2.45, 2.75) is 52.4 Å². The van der Waals surface area contributed by atoms with Gasteiger partial charge >= 0.3 is 0 Å². The summed E-state index contributed by atoms with van der Waals surface area (Å²) in [6.45, 7) is 15.9. The van der Waals surface area contributed by atoms with Gasteiger partial charge in [-0.2, -0.15) is 0 Å². The third-order valence-corrected chi connectivity index (χ3v) is 15.6. The van der Waals surface area contributed by atoms with Gasteiger partial charge in [0.1, 0.15) is 0 Å². The van der Waals surface area contributed by atoms with E-state index in [1.54, 1.807) is 0 Å². The first-order chi connectivity index (χ1) is 10.4. The Morgan fingerprint density at radius 1 is 1.13 bits per heavy atom. The average molecular weight is 384 g/mol. The van der Waals surface area contributed by atoms with Crippen molar-refractivity contribution in [1.29, 1.82) is 0 Å². The highest BCUT2D eigenvalue weighted by molar-refractivity contribution is 7.54. The van der Waals surface area contributed by atoms with Crippen molar-refractivity contribution in [2.24, 2.45) is 5.41 Å². The zero-order valence-corrected chi connectivity index (χ0v) is 18.6. The van der Waals surface area contributed by atoms with Crippen LogP contribution in [0, 0.1) is 5.41 Å². The Morgan fingerprint density at radius 2 is 1.65 bits per heavy atom. The second-order valence-corrected chi connectivity index (χ2v) is 20.9. The van der Waals surface area contributed by atoms with Gasteiger partial charge in [0, 0.05) is 5.54 Å². The lowest BCUT2D eigenvalue weighted by molar-refractivity contribution is 0.375. The van der Waals surface area contributed by atoms with E-state index in [0.29, 0.717) is 5.54 Å². The van der Waals surface area contributed by atoms with Crippen molar-refractivity contribution in [3.8, 4) is 0 Å². The molecular formula is C19H28Cl2Si2. The Hall–Kier alpha value is -0.286. The summed E-state index contributed by atoms with van der Waals surface area (Å²) in [6.07, 6.45) is 1.03. The molecule has 23 heavy (non-hydrogen) atoms. The fraction of sp³-hybridized carbons (Fsp3) is 0.474. The summed E-state index contributed by atoms with van der Waals surface area (Å²) in [5.74, 6) is 0. The quantitative estimate of drug-likeness (QED) is 0.382. The zero-order valence-electron chi connectivity index (χ0n) is 15.1. The summed E-state index contributed by atoms with van der Waals surface area (Å²) in [5, 5.41) is 0. The summed E-state index contributed by atoms with van der Waals surface area (Å²) in [5.41, 5.74) is 4.19. The molecular weight excluding hydrogens is 355 g/mol. The molecule has 0 fully saturated rings. The Labute approximate surface area is 153 Å². The van der Waals surface area contributed by atoms with Crippen LogP contribution in [0.5, 0.6) is 0 Å². The molecule has 0 amide bonds. The third-order valence-electron chi connectivity index (χ3n) is 4.40. The van der Waals surface area contributed by atoms with Crippen LogP contribution in [0.2, 0.25) is 25.2 Å². The van der Waals surface area contributed by atoms with Gasteiger partial charge in [-0.25, -0.2) is 0 Å². The predicted octanol–water partition coefficient (Wildman–Crippen LogP) is 7.15. The smallest absolute Gasteiger partial charge is 0.140 e. The summed E-state index contributed by atoms with van der Waals surface area (Å²) in [6, 6.07) is 10.4. The molecule has 1 aliphatic heterocycles. The van der Waals surface area contributed by atoms with Crippen LogP contribution in [0.3, 0.4) is 0 Å². The highest BCUT2D eigenvalue weighted by atomic mass is 35.7. The van der Waals surface area contributed by atoms with E-state index in [9.17, 15) is 0 Å². The lowest BCUT2D eigenvalue weighted by Crippen LogP contribution is -2.53. The molecule has 1 aromatic carbocycles. The van der Waals surface area contributed by atoms with E-state index >= 15 is 0 Å². The molecule has 0 spiro atoms. The molecule has 1 unspecified atom stereocenters. The molecule has 0 aliphatic carbocycles. The number of rotatable bonds is 4. The largest absolute Gasteiger partial charge is 0.280 e. The minimum absolute atomic E-state index is 0.208. The first-order valence-corrected chi connectivity index (χ1v) is 15.8. The second-order valence-electron chi connectivity index (χ2n) is 8.82. The van der Waals surface area contributed by atoms with E-state index in [1.165, 1.54) is 16.0 Å². The van der Waals surface area contributed by atoms with Gasteiger partial charge in [-0.3, -0.25) is 0 Å². The Morgan fingerprint density at radius 3 is 2.09 bits per heavy atom. The summed E-state index contributed by atoms with van der Waals surface area (Å²) >= 11 is 14.0. The van der Waals surface area contributed by atoms with Crippen LogP contribution in [-0.4, -0.2) is 14.8 Å². The van der Waals surface area contributed by atoms with Gasteiger partial charge in [-0.15, -0.1) is 22.2 Å². The Kier molecular flexibility index (Phi) is 5.15. The van der Waals surface area contributed by atoms with Gasteiger partial charge in [-0.1, -0.05) is 82.1 Å². The predicted molar refractivity (Wildman–Crippen MR) is 111 cm³/mol. The second kappa shape index (κ2) is 6.22. The topological polar surface area (TPSA) is 0 Å². The Balaban J connectivity index is 2.54. The first-order valence-electron chi connectivity index (χ1n) is 8.23. The molecule has 0 nitrogen and oxygen atoms in total.